The molecule has 0 atom stereocenters. The first kappa shape index (κ1) is 14.3. The number of pyridine rings is 1. The first-order valence-electron chi connectivity index (χ1n) is 6.96. The predicted molar refractivity (Wildman–Crippen MR) is 79.4 cm³/mol. The molecule has 0 bridgehead atoms. The summed E-state index contributed by atoms with van der Waals surface area (Å²) in [5.41, 5.74) is 1.75. The fourth-order valence-electron chi connectivity index (χ4n) is 2.10. The summed E-state index contributed by atoms with van der Waals surface area (Å²) in [6.07, 6.45) is 5.97. The lowest BCUT2D eigenvalue weighted by Gasteiger charge is -2.08. The Hall–Kier alpha value is -1.60. The molecule has 1 aliphatic rings. The molecular formula is C14H17N3O3S. The van der Waals surface area contributed by atoms with Crippen LogP contribution in [-0.4, -0.2) is 44.6 Å². The van der Waals surface area contributed by atoms with Crippen molar-refractivity contribution >= 4 is 28.8 Å². The maximum absolute atomic E-state index is 10.7. The molecule has 112 valence electrons. The number of nitrogens with zero attached hydrogens (tertiary/aromatic N) is 3. The summed E-state index contributed by atoms with van der Waals surface area (Å²) >= 11 is 1.23. The van der Waals surface area contributed by atoms with E-state index in [9.17, 15) is 4.79 Å². The third kappa shape index (κ3) is 3.74. The summed E-state index contributed by atoms with van der Waals surface area (Å²) in [5.74, 6) is -0.101. The van der Waals surface area contributed by atoms with Crippen molar-refractivity contribution < 1.29 is 14.6 Å². The number of rotatable bonds is 8. The number of carboxylic acid groups (broad SMARTS) is 1. The van der Waals surface area contributed by atoms with Crippen molar-refractivity contribution in [1.29, 1.82) is 0 Å². The molecule has 0 amide bonds. The number of aliphatic carboxylic acids is 1. The number of carbonyl (C=O) groups is 1. The summed E-state index contributed by atoms with van der Waals surface area (Å²) in [5, 5.41) is 9.53. The summed E-state index contributed by atoms with van der Waals surface area (Å²) in [4.78, 5) is 19.3. The molecule has 1 aliphatic carbocycles. The molecule has 1 fully saturated rings. The second-order valence-electron chi connectivity index (χ2n) is 5.11. The highest BCUT2D eigenvalue weighted by Gasteiger charge is 2.21. The van der Waals surface area contributed by atoms with Crippen molar-refractivity contribution in [1.82, 2.24) is 14.5 Å². The number of thioether (sulfide) groups is 1. The monoisotopic (exact) mass is 307 g/mol. The topological polar surface area (TPSA) is 77.2 Å². The van der Waals surface area contributed by atoms with Crippen LogP contribution in [0.2, 0.25) is 0 Å². The molecule has 0 aromatic carbocycles. The molecule has 0 spiro atoms. The number of hydrogen-bond donors (Lipinski definition) is 1. The van der Waals surface area contributed by atoms with Crippen LogP contribution in [0.15, 0.2) is 23.6 Å². The smallest absolute Gasteiger partial charge is 0.313 e. The number of imidazole rings is 1. The maximum atomic E-state index is 10.7. The minimum atomic E-state index is -0.846. The van der Waals surface area contributed by atoms with Gasteiger partial charge in [-0.1, -0.05) is 11.8 Å². The summed E-state index contributed by atoms with van der Waals surface area (Å²) < 4.78 is 7.68. The van der Waals surface area contributed by atoms with Gasteiger partial charge in [-0.25, -0.2) is 4.98 Å². The highest BCUT2D eigenvalue weighted by molar-refractivity contribution is 7.99. The van der Waals surface area contributed by atoms with Crippen molar-refractivity contribution in [2.45, 2.75) is 24.5 Å². The van der Waals surface area contributed by atoms with Crippen LogP contribution in [0.4, 0.5) is 0 Å². The van der Waals surface area contributed by atoms with E-state index in [1.165, 1.54) is 24.6 Å². The molecular weight excluding hydrogens is 290 g/mol. The molecule has 0 aliphatic heterocycles. The van der Waals surface area contributed by atoms with Crippen LogP contribution in [0.25, 0.3) is 11.0 Å². The van der Waals surface area contributed by atoms with Gasteiger partial charge < -0.3 is 14.4 Å². The Labute approximate surface area is 126 Å². The number of ether oxygens (including phenoxy) is 1. The zero-order chi connectivity index (χ0) is 14.7. The Morgan fingerprint density at radius 2 is 2.38 bits per heavy atom. The Balaban J connectivity index is 1.71. The van der Waals surface area contributed by atoms with Crippen molar-refractivity contribution in [2.75, 3.05) is 19.0 Å². The van der Waals surface area contributed by atoms with E-state index in [-0.39, 0.29) is 5.75 Å². The first-order chi connectivity index (χ1) is 10.2. The fraction of sp³-hybridized carbons (Fsp3) is 0.500. The molecule has 7 heteroatoms. The molecule has 1 N–H and O–H groups in total. The Kier molecular flexibility index (Phi) is 4.40. The van der Waals surface area contributed by atoms with E-state index in [2.05, 4.69) is 9.97 Å². The van der Waals surface area contributed by atoms with Crippen LogP contribution in [0.5, 0.6) is 0 Å². The van der Waals surface area contributed by atoms with Gasteiger partial charge in [-0.2, -0.15) is 0 Å². The third-order valence-corrected chi connectivity index (χ3v) is 4.31. The standard InChI is InChI=1S/C14H17N3O3S/c18-13(19)9-21-14-16-11-7-15-4-3-12(11)17(14)5-6-20-8-10-1-2-10/h3-4,7,10H,1-2,5-6,8-9H2,(H,18,19). The van der Waals surface area contributed by atoms with Crippen LogP contribution >= 0.6 is 11.8 Å². The average molecular weight is 307 g/mol. The zero-order valence-corrected chi connectivity index (χ0v) is 12.4. The molecule has 0 radical (unpaired) electrons. The Morgan fingerprint density at radius 1 is 1.52 bits per heavy atom. The normalized spacial score (nSPS) is 14.7. The van der Waals surface area contributed by atoms with Crippen LogP contribution in [-0.2, 0) is 16.1 Å². The summed E-state index contributed by atoms with van der Waals surface area (Å²) in [6, 6.07) is 1.90. The van der Waals surface area contributed by atoms with Crippen molar-refractivity contribution in [3.8, 4) is 0 Å². The van der Waals surface area contributed by atoms with Gasteiger partial charge in [-0.15, -0.1) is 0 Å². The van der Waals surface area contributed by atoms with E-state index in [0.29, 0.717) is 18.3 Å². The van der Waals surface area contributed by atoms with Gasteiger partial charge >= 0.3 is 5.97 Å². The van der Waals surface area contributed by atoms with Gasteiger partial charge in [0.15, 0.2) is 5.16 Å². The van der Waals surface area contributed by atoms with E-state index in [4.69, 9.17) is 9.84 Å². The molecule has 6 nitrogen and oxygen atoms in total. The van der Waals surface area contributed by atoms with Gasteiger partial charge in [-0.05, 0) is 24.8 Å². The lowest BCUT2D eigenvalue weighted by molar-refractivity contribution is -0.133. The van der Waals surface area contributed by atoms with Crippen LogP contribution in [0.3, 0.4) is 0 Å². The van der Waals surface area contributed by atoms with Crippen molar-refractivity contribution in [2.24, 2.45) is 5.92 Å². The van der Waals surface area contributed by atoms with Gasteiger partial charge in [0.05, 0.1) is 24.1 Å². The van der Waals surface area contributed by atoms with Crippen LogP contribution in [0.1, 0.15) is 12.8 Å². The number of fused-ring (bicyclic) bond motifs is 1. The van der Waals surface area contributed by atoms with Crippen molar-refractivity contribution in [3.63, 3.8) is 0 Å². The SMILES string of the molecule is O=C(O)CSc1nc2cnccc2n1CCOCC1CC1. The number of aromatic nitrogens is 3. The summed E-state index contributed by atoms with van der Waals surface area (Å²) in [7, 11) is 0. The molecule has 2 heterocycles. The second kappa shape index (κ2) is 6.44. The average Bonchev–Trinajstić information content (AvgIpc) is 3.23. The molecule has 3 rings (SSSR count). The zero-order valence-electron chi connectivity index (χ0n) is 11.6. The molecule has 21 heavy (non-hydrogen) atoms. The largest absolute Gasteiger partial charge is 0.481 e. The Morgan fingerprint density at radius 3 is 3.14 bits per heavy atom. The van der Waals surface area contributed by atoms with E-state index in [0.717, 1.165) is 23.6 Å². The number of carboxylic acids is 1. The Bertz CT molecular complexity index is 639. The van der Waals surface area contributed by atoms with E-state index in [1.54, 1.807) is 12.4 Å². The highest BCUT2D eigenvalue weighted by atomic mass is 32.2. The van der Waals surface area contributed by atoms with Crippen LogP contribution in [0, 0.1) is 5.92 Å². The highest BCUT2D eigenvalue weighted by Crippen LogP contribution is 2.29. The van der Waals surface area contributed by atoms with E-state index in [1.807, 2.05) is 10.6 Å². The van der Waals surface area contributed by atoms with Crippen LogP contribution < -0.4 is 0 Å². The summed E-state index contributed by atoms with van der Waals surface area (Å²) in [6.45, 7) is 2.12. The molecule has 2 aromatic heterocycles. The minimum Gasteiger partial charge on any atom is -0.481 e. The number of hydrogen-bond acceptors (Lipinski definition) is 5. The molecule has 0 unspecified atom stereocenters. The van der Waals surface area contributed by atoms with Gasteiger partial charge in [0.25, 0.3) is 0 Å². The van der Waals surface area contributed by atoms with Gasteiger partial charge in [-0.3, -0.25) is 9.78 Å². The first-order valence-corrected chi connectivity index (χ1v) is 7.95. The van der Waals surface area contributed by atoms with E-state index >= 15 is 0 Å². The molecule has 0 saturated heterocycles. The fourth-order valence-corrected chi connectivity index (χ4v) is 2.86. The van der Waals surface area contributed by atoms with Gasteiger partial charge in [0, 0.05) is 19.3 Å². The maximum Gasteiger partial charge on any atom is 0.313 e. The minimum absolute atomic E-state index is 0.000316. The quantitative estimate of drug-likeness (QED) is 0.594. The lowest BCUT2D eigenvalue weighted by atomic mass is 10.4. The predicted octanol–water partition coefficient (Wildman–Crippen LogP) is 2.03. The molecule has 2 aromatic rings. The third-order valence-electron chi connectivity index (χ3n) is 3.35. The van der Waals surface area contributed by atoms with Gasteiger partial charge in [0.1, 0.15) is 5.52 Å². The lowest BCUT2D eigenvalue weighted by Crippen LogP contribution is -2.09. The van der Waals surface area contributed by atoms with Crippen molar-refractivity contribution in [3.05, 3.63) is 18.5 Å². The van der Waals surface area contributed by atoms with Gasteiger partial charge in [0.2, 0.25) is 0 Å². The second-order valence-corrected chi connectivity index (χ2v) is 6.05. The molecule has 1 saturated carbocycles. The van der Waals surface area contributed by atoms with E-state index < -0.39 is 5.97 Å².